The number of allylic oxidation sites excluding steroid dienone is 1. The Hall–Kier alpha value is -3.92. The second-order valence-electron chi connectivity index (χ2n) is 10.1. The summed E-state index contributed by atoms with van der Waals surface area (Å²) in [4.78, 5) is 42.3. The molecule has 0 saturated heterocycles. The van der Waals surface area contributed by atoms with Gasteiger partial charge in [-0.15, -0.1) is 0 Å². The molecule has 0 spiro atoms. The predicted molar refractivity (Wildman–Crippen MR) is 151 cm³/mol. The molecule has 3 atom stereocenters. The molecule has 11 nitrogen and oxygen atoms in total. The molecule has 0 fully saturated rings. The molecule has 1 aromatic heterocycles. The Balaban J connectivity index is 1.87. The Morgan fingerprint density at radius 1 is 1.20 bits per heavy atom. The van der Waals surface area contributed by atoms with Gasteiger partial charge in [-0.2, -0.15) is 0 Å². The average molecular weight is 583 g/mol. The number of furan rings is 1. The minimum absolute atomic E-state index is 0.0119. The van der Waals surface area contributed by atoms with E-state index < -0.39 is 36.8 Å². The summed E-state index contributed by atoms with van der Waals surface area (Å²) in [7, 11) is -0.368. The van der Waals surface area contributed by atoms with E-state index in [0.717, 1.165) is 14.2 Å². The summed E-state index contributed by atoms with van der Waals surface area (Å²) >= 11 is 0. The number of nitrogens with one attached hydrogen (secondary N) is 1. The van der Waals surface area contributed by atoms with E-state index in [4.69, 9.17) is 22.9 Å². The number of fused-ring (bicyclic) bond motifs is 4. The highest BCUT2D eigenvalue weighted by Gasteiger charge is 2.57. The van der Waals surface area contributed by atoms with E-state index in [0.29, 0.717) is 33.5 Å². The smallest absolute Gasteiger partial charge is 0.345 e. The van der Waals surface area contributed by atoms with Crippen LogP contribution in [-0.4, -0.2) is 56.3 Å². The van der Waals surface area contributed by atoms with Crippen LogP contribution in [0.5, 0.6) is 5.75 Å². The van der Waals surface area contributed by atoms with E-state index in [2.05, 4.69) is 11.9 Å². The number of carbonyl (C=O) groups is 3. The van der Waals surface area contributed by atoms with Crippen molar-refractivity contribution in [3.63, 3.8) is 0 Å². The maximum Gasteiger partial charge on any atom is 0.345 e. The molecule has 3 heterocycles. The van der Waals surface area contributed by atoms with Crippen LogP contribution in [0.3, 0.4) is 0 Å². The molecule has 0 aliphatic carbocycles. The van der Waals surface area contributed by atoms with Crippen LogP contribution in [0, 0.1) is 0 Å². The zero-order valence-electron chi connectivity index (χ0n) is 23.6. The maximum atomic E-state index is 13.7. The van der Waals surface area contributed by atoms with E-state index in [1.165, 1.54) is 4.90 Å². The summed E-state index contributed by atoms with van der Waals surface area (Å²) in [5.41, 5.74) is -0.586. The van der Waals surface area contributed by atoms with Crippen LogP contribution in [0.1, 0.15) is 53.9 Å². The number of anilines is 1. The molecule has 0 bridgehead atoms. The van der Waals surface area contributed by atoms with Crippen LogP contribution in [-0.2, 0) is 33.6 Å². The van der Waals surface area contributed by atoms with Crippen LogP contribution >= 0.6 is 7.60 Å². The lowest BCUT2D eigenvalue weighted by atomic mass is 9.84. The highest BCUT2D eigenvalue weighted by Crippen LogP contribution is 2.61. The Morgan fingerprint density at radius 2 is 1.88 bits per heavy atom. The SMILES string of the molecule is C=C(C)c1cc2cc(C3(C)Nc4ccccc4C(=O)N3C)c3c(c2o1)[C@H](C(=O)OCC)[C@@H](P(=O)(OC)OC)C(=O)O3. The van der Waals surface area contributed by atoms with E-state index in [-0.39, 0.29) is 29.4 Å². The zero-order valence-corrected chi connectivity index (χ0v) is 24.5. The summed E-state index contributed by atoms with van der Waals surface area (Å²) in [6.45, 7) is 9.08. The summed E-state index contributed by atoms with van der Waals surface area (Å²) in [6.07, 6.45) is 0. The number of hydrogen-bond donors (Lipinski definition) is 1. The van der Waals surface area contributed by atoms with Gasteiger partial charge in [0.2, 0.25) is 0 Å². The van der Waals surface area contributed by atoms with Gasteiger partial charge in [0.05, 0.1) is 17.7 Å². The molecule has 0 saturated carbocycles. The van der Waals surface area contributed by atoms with Crippen LogP contribution < -0.4 is 10.1 Å². The minimum Gasteiger partial charge on any atom is -0.465 e. The fourth-order valence-electron chi connectivity index (χ4n) is 5.46. The normalized spacial score (nSPS) is 22.0. The molecule has 1 amide bonds. The third-order valence-corrected chi connectivity index (χ3v) is 9.92. The number of para-hydroxylation sites is 1. The molecule has 12 heteroatoms. The monoisotopic (exact) mass is 582 g/mol. The highest BCUT2D eigenvalue weighted by atomic mass is 31.2. The highest BCUT2D eigenvalue weighted by molar-refractivity contribution is 7.55. The van der Waals surface area contributed by atoms with Gasteiger partial charge in [-0.1, -0.05) is 18.7 Å². The van der Waals surface area contributed by atoms with Crippen LogP contribution in [0.2, 0.25) is 0 Å². The first-order chi connectivity index (χ1) is 19.4. The Morgan fingerprint density at radius 3 is 2.51 bits per heavy atom. The van der Waals surface area contributed by atoms with Crippen molar-refractivity contribution in [2.75, 3.05) is 33.2 Å². The van der Waals surface area contributed by atoms with Gasteiger partial charge in [0.15, 0.2) is 5.66 Å². The molecule has 41 heavy (non-hydrogen) atoms. The quantitative estimate of drug-likeness (QED) is 0.223. The first-order valence-electron chi connectivity index (χ1n) is 12.9. The molecule has 216 valence electrons. The second-order valence-corrected chi connectivity index (χ2v) is 12.5. The van der Waals surface area contributed by atoms with Gasteiger partial charge in [-0.3, -0.25) is 18.9 Å². The lowest BCUT2D eigenvalue weighted by Crippen LogP contribution is -2.54. The zero-order chi connectivity index (χ0) is 29.9. The van der Waals surface area contributed by atoms with Gasteiger partial charge in [0.1, 0.15) is 28.7 Å². The standard InChI is InChI=1S/C29H31N2O9P/c1-8-38-27(33)22-21-23-16(14-20(39-23)15(2)3)13-18(24(21)40-28(34)25(22)41(35,36-6)37-7)29(4)30-19-12-10-9-11-17(19)26(32)31(29)5/h9-14,22,25,30H,2,8H2,1,3-7H3/t22-,25+,29?/m0/s1. The van der Waals surface area contributed by atoms with Gasteiger partial charge in [-0.05, 0) is 50.6 Å². The van der Waals surface area contributed by atoms with Crippen molar-refractivity contribution in [3.05, 3.63) is 65.4 Å². The van der Waals surface area contributed by atoms with Gasteiger partial charge in [0, 0.05) is 37.9 Å². The topological polar surface area (TPSA) is 134 Å². The van der Waals surface area contributed by atoms with Crippen molar-refractivity contribution >= 4 is 47.7 Å². The first kappa shape index (κ1) is 28.6. The minimum atomic E-state index is -4.24. The van der Waals surface area contributed by atoms with Gasteiger partial charge < -0.3 is 33.2 Å². The van der Waals surface area contributed by atoms with Gasteiger partial charge in [0.25, 0.3) is 5.91 Å². The summed E-state index contributed by atoms with van der Waals surface area (Å²) in [5, 5.41) is 3.94. The van der Waals surface area contributed by atoms with Crippen molar-refractivity contribution in [2.24, 2.45) is 0 Å². The lowest BCUT2D eigenvalue weighted by molar-refractivity contribution is -0.150. The van der Waals surface area contributed by atoms with Crippen molar-refractivity contribution in [2.45, 2.75) is 38.0 Å². The van der Waals surface area contributed by atoms with E-state index in [1.807, 2.05) is 0 Å². The first-order valence-corrected chi connectivity index (χ1v) is 14.5. The Labute approximate surface area is 236 Å². The number of rotatable bonds is 7. The number of amides is 1. The Kier molecular flexibility index (Phi) is 7.09. The molecule has 2 aliphatic heterocycles. The number of carbonyl (C=O) groups excluding carboxylic acids is 3. The molecule has 2 aromatic carbocycles. The van der Waals surface area contributed by atoms with Crippen molar-refractivity contribution < 1.29 is 41.9 Å². The number of hydrogen-bond acceptors (Lipinski definition) is 10. The third kappa shape index (κ3) is 4.27. The molecule has 2 aliphatic rings. The number of benzene rings is 2. The van der Waals surface area contributed by atoms with E-state index in [1.54, 1.807) is 64.2 Å². The number of nitrogens with zero attached hydrogens (tertiary/aromatic N) is 1. The fourth-order valence-corrected chi connectivity index (χ4v) is 7.01. The van der Waals surface area contributed by atoms with Crippen molar-refractivity contribution in [3.8, 4) is 5.75 Å². The molecule has 5 rings (SSSR count). The van der Waals surface area contributed by atoms with Crippen molar-refractivity contribution in [1.29, 1.82) is 0 Å². The van der Waals surface area contributed by atoms with Gasteiger partial charge >= 0.3 is 19.5 Å². The van der Waals surface area contributed by atoms with E-state index >= 15 is 0 Å². The summed E-state index contributed by atoms with van der Waals surface area (Å²) in [5.74, 6) is -3.20. The third-order valence-electron chi connectivity index (χ3n) is 7.71. The Bertz CT molecular complexity index is 1650. The number of esters is 2. The molecule has 1 N–H and O–H groups in total. The van der Waals surface area contributed by atoms with Crippen molar-refractivity contribution in [1.82, 2.24) is 4.90 Å². The summed E-state index contributed by atoms with van der Waals surface area (Å²) in [6, 6.07) is 10.5. The average Bonchev–Trinajstić information content (AvgIpc) is 3.39. The molecule has 0 radical (unpaired) electrons. The predicted octanol–water partition coefficient (Wildman–Crippen LogP) is 5.26. The number of ether oxygens (including phenoxy) is 2. The largest absolute Gasteiger partial charge is 0.465 e. The fraction of sp³-hybridized carbons (Fsp3) is 0.345. The molecular weight excluding hydrogens is 551 g/mol. The van der Waals surface area contributed by atoms with Crippen LogP contribution in [0.4, 0.5) is 5.69 Å². The summed E-state index contributed by atoms with van der Waals surface area (Å²) < 4.78 is 41.5. The molecular formula is C29H31N2O9P. The van der Waals surface area contributed by atoms with E-state index in [9.17, 15) is 18.9 Å². The second kappa shape index (κ2) is 10.2. The van der Waals surface area contributed by atoms with Gasteiger partial charge in [-0.25, -0.2) is 0 Å². The molecule has 1 unspecified atom stereocenters. The maximum absolute atomic E-state index is 13.7. The lowest BCUT2D eigenvalue weighted by Gasteiger charge is -2.46. The molecule has 3 aromatic rings. The van der Waals surface area contributed by atoms with Crippen LogP contribution in [0.15, 0.2) is 47.4 Å². The van der Waals surface area contributed by atoms with Crippen LogP contribution in [0.25, 0.3) is 16.5 Å².